The van der Waals surface area contributed by atoms with Gasteiger partial charge < -0.3 is 10.3 Å². The second-order valence-electron chi connectivity index (χ2n) is 4.91. The first-order chi connectivity index (χ1) is 9.49. The SMILES string of the molecule is Cc1onc([C@@H]2CCc3c(F)cc(Cl)cc32)c1C(N)=O. The number of aromatic nitrogens is 1. The van der Waals surface area contributed by atoms with E-state index >= 15 is 0 Å². The fraction of sp³-hybridized carbons (Fsp3) is 0.286. The Labute approximate surface area is 119 Å². The van der Waals surface area contributed by atoms with Gasteiger partial charge in [-0.1, -0.05) is 16.8 Å². The molecule has 3 rings (SSSR count). The predicted molar refractivity (Wildman–Crippen MR) is 71.3 cm³/mol. The van der Waals surface area contributed by atoms with Crippen LogP contribution in [0.15, 0.2) is 16.7 Å². The van der Waals surface area contributed by atoms with Crippen LogP contribution in [0, 0.1) is 12.7 Å². The summed E-state index contributed by atoms with van der Waals surface area (Å²) in [5, 5.41) is 4.26. The van der Waals surface area contributed by atoms with Crippen molar-refractivity contribution < 1.29 is 13.7 Å². The number of nitrogens with two attached hydrogens (primary N) is 1. The number of rotatable bonds is 2. The van der Waals surface area contributed by atoms with Gasteiger partial charge in [0.05, 0.1) is 0 Å². The van der Waals surface area contributed by atoms with Crippen LogP contribution in [0.4, 0.5) is 4.39 Å². The number of carbonyl (C=O) groups is 1. The largest absolute Gasteiger partial charge is 0.365 e. The Bertz CT molecular complexity index is 711. The summed E-state index contributed by atoms with van der Waals surface area (Å²) < 4.78 is 19.0. The summed E-state index contributed by atoms with van der Waals surface area (Å²) in [5.74, 6) is -0.743. The van der Waals surface area contributed by atoms with E-state index in [4.69, 9.17) is 21.9 Å². The van der Waals surface area contributed by atoms with Gasteiger partial charge in [-0.05, 0) is 43.0 Å². The lowest BCUT2D eigenvalue weighted by Crippen LogP contribution is -2.15. The minimum absolute atomic E-state index is 0.210. The van der Waals surface area contributed by atoms with Gasteiger partial charge in [-0.2, -0.15) is 0 Å². The molecule has 1 heterocycles. The highest BCUT2D eigenvalue weighted by atomic mass is 35.5. The van der Waals surface area contributed by atoms with Crippen molar-refractivity contribution in [2.45, 2.75) is 25.7 Å². The van der Waals surface area contributed by atoms with Crippen LogP contribution in [0.2, 0.25) is 5.02 Å². The molecule has 2 aromatic rings. The van der Waals surface area contributed by atoms with Crippen LogP contribution in [0.3, 0.4) is 0 Å². The monoisotopic (exact) mass is 294 g/mol. The molecule has 1 aliphatic carbocycles. The van der Waals surface area contributed by atoms with Crippen molar-refractivity contribution in [2.75, 3.05) is 0 Å². The van der Waals surface area contributed by atoms with Gasteiger partial charge in [-0.15, -0.1) is 0 Å². The van der Waals surface area contributed by atoms with Crippen molar-refractivity contribution in [3.8, 4) is 0 Å². The number of hydrogen-bond acceptors (Lipinski definition) is 3. The topological polar surface area (TPSA) is 69.1 Å². The van der Waals surface area contributed by atoms with Gasteiger partial charge >= 0.3 is 0 Å². The minimum Gasteiger partial charge on any atom is -0.365 e. The highest BCUT2D eigenvalue weighted by molar-refractivity contribution is 6.30. The molecule has 1 aromatic carbocycles. The number of halogens is 2. The lowest BCUT2D eigenvalue weighted by atomic mass is 9.94. The number of nitrogens with zero attached hydrogens (tertiary/aromatic N) is 1. The van der Waals surface area contributed by atoms with E-state index < -0.39 is 5.91 Å². The number of fused-ring (bicyclic) bond motifs is 1. The second-order valence-corrected chi connectivity index (χ2v) is 5.35. The van der Waals surface area contributed by atoms with Crippen LogP contribution in [0.1, 0.15) is 45.3 Å². The maximum absolute atomic E-state index is 13.9. The lowest BCUT2D eigenvalue weighted by molar-refractivity contribution is 0.0998. The Morgan fingerprint density at radius 3 is 3.00 bits per heavy atom. The molecule has 1 amide bonds. The van der Waals surface area contributed by atoms with Crippen molar-refractivity contribution in [3.05, 3.63) is 51.1 Å². The van der Waals surface area contributed by atoms with Crippen LogP contribution in [-0.2, 0) is 6.42 Å². The predicted octanol–water partition coefficient (Wildman–Crippen LogP) is 2.95. The molecule has 4 nitrogen and oxygen atoms in total. The standard InChI is InChI=1S/C14H12ClFN2O2/c1-6-12(14(17)19)13(18-20-6)9-3-2-8-10(9)4-7(15)5-11(8)16/h4-5,9H,2-3H2,1H3,(H2,17,19)/t9-/m1/s1. The maximum atomic E-state index is 13.9. The van der Waals surface area contributed by atoms with Gasteiger partial charge in [0.25, 0.3) is 5.91 Å². The van der Waals surface area contributed by atoms with E-state index in [2.05, 4.69) is 5.16 Å². The summed E-state index contributed by atoms with van der Waals surface area (Å²) in [6.07, 6.45) is 1.23. The number of amides is 1. The molecule has 2 N–H and O–H groups in total. The number of aryl methyl sites for hydroxylation is 1. The molecule has 6 heteroatoms. The van der Waals surface area contributed by atoms with Gasteiger partial charge in [0.1, 0.15) is 22.8 Å². The Balaban J connectivity index is 2.15. The lowest BCUT2D eigenvalue weighted by Gasteiger charge is -2.10. The van der Waals surface area contributed by atoms with E-state index in [1.54, 1.807) is 13.0 Å². The van der Waals surface area contributed by atoms with Crippen LogP contribution >= 0.6 is 11.6 Å². The molecule has 20 heavy (non-hydrogen) atoms. The van der Waals surface area contributed by atoms with Crippen molar-refractivity contribution in [1.29, 1.82) is 0 Å². The highest BCUT2D eigenvalue weighted by Gasteiger charge is 2.33. The minimum atomic E-state index is -0.588. The van der Waals surface area contributed by atoms with E-state index in [1.807, 2.05) is 0 Å². The average Bonchev–Trinajstić information content (AvgIpc) is 2.92. The second kappa shape index (κ2) is 4.59. The molecule has 104 valence electrons. The summed E-state index contributed by atoms with van der Waals surface area (Å²) in [4.78, 5) is 11.5. The van der Waals surface area contributed by atoms with Gasteiger partial charge in [0.2, 0.25) is 0 Å². The van der Waals surface area contributed by atoms with Crippen molar-refractivity contribution in [1.82, 2.24) is 5.16 Å². The first kappa shape index (κ1) is 13.1. The summed E-state index contributed by atoms with van der Waals surface area (Å²) >= 11 is 5.91. The van der Waals surface area contributed by atoms with E-state index in [0.29, 0.717) is 34.9 Å². The van der Waals surface area contributed by atoms with Gasteiger partial charge in [-0.25, -0.2) is 4.39 Å². The van der Waals surface area contributed by atoms with Crippen molar-refractivity contribution >= 4 is 17.5 Å². The average molecular weight is 295 g/mol. The summed E-state index contributed by atoms with van der Waals surface area (Å²) in [6, 6.07) is 3.01. The molecule has 0 bridgehead atoms. The summed E-state index contributed by atoms with van der Waals surface area (Å²) in [7, 11) is 0. The zero-order chi connectivity index (χ0) is 14.4. The number of primary amides is 1. The maximum Gasteiger partial charge on any atom is 0.254 e. The molecule has 0 saturated heterocycles. The number of hydrogen-bond donors (Lipinski definition) is 1. The van der Waals surface area contributed by atoms with Crippen molar-refractivity contribution in [3.63, 3.8) is 0 Å². The zero-order valence-corrected chi connectivity index (χ0v) is 11.5. The van der Waals surface area contributed by atoms with Gasteiger partial charge in [0.15, 0.2) is 0 Å². The Morgan fingerprint density at radius 1 is 1.55 bits per heavy atom. The fourth-order valence-electron chi connectivity index (χ4n) is 2.85. The van der Waals surface area contributed by atoms with Crippen LogP contribution < -0.4 is 5.73 Å². The third-order valence-corrected chi connectivity index (χ3v) is 3.94. The molecule has 1 atom stereocenters. The van der Waals surface area contributed by atoms with Crippen LogP contribution in [-0.4, -0.2) is 11.1 Å². The molecule has 0 aliphatic heterocycles. The van der Waals surface area contributed by atoms with Gasteiger partial charge in [-0.3, -0.25) is 4.79 Å². The Kier molecular flexibility index (Phi) is 3.01. The normalized spacial score (nSPS) is 17.2. The van der Waals surface area contributed by atoms with Gasteiger partial charge in [0, 0.05) is 10.9 Å². The smallest absolute Gasteiger partial charge is 0.254 e. The fourth-order valence-corrected chi connectivity index (χ4v) is 3.07. The highest BCUT2D eigenvalue weighted by Crippen LogP contribution is 2.41. The number of benzene rings is 1. The first-order valence-corrected chi connectivity index (χ1v) is 6.60. The van der Waals surface area contributed by atoms with E-state index in [9.17, 15) is 9.18 Å². The third kappa shape index (κ3) is 1.89. The first-order valence-electron chi connectivity index (χ1n) is 6.22. The Morgan fingerprint density at radius 2 is 2.30 bits per heavy atom. The molecule has 0 fully saturated rings. The Hall–Kier alpha value is -1.88. The number of carbonyl (C=O) groups excluding carboxylic acids is 1. The molecule has 0 spiro atoms. The van der Waals surface area contributed by atoms with E-state index in [1.165, 1.54) is 6.07 Å². The molecular formula is C14H12ClFN2O2. The zero-order valence-electron chi connectivity index (χ0n) is 10.7. The van der Waals surface area contributed by atoms with Crippen molar-refractivity contribution in [2.24, 2.45) is 5.73 Å². The quantitative estimate of drug-likeness (QED) is 0.926. The molecule has 0 radical (unpaired) electrons. The third-order valence-electron chi connectivity index (χ3n) is 3.72. The molecule has 0 saturated carbocycles. The van der Waals surface area contributed by atoms with Crippen LogP contribution in [0.25, 0.3) is 0 Å². The summed E-state index contributed by atoms with van der Waals surface area (Å²) in [5.41, 5.74) is 7.49. The van der Waals surface area contributed by atoms with E-state index in [-0.39, 0.29) is 17.3 Å². The molecule has 1 aliphatic rings. The van der Waals surface area contributed by atoms with Crippen LogP contribution in [0.5, 0.6) is 0 Å². The molecular weight excluding hydrogens is 283 g/mol. The molecule has 1 aromatic heterocycles. The summed E-state index contributed by atoms with van der Waals surface area (Å²) in [6.45, 7) is 1.63. The van der Waals surface area contributed by atoms with E-state index in [0.717, 1.165) is 5.56 Å². The molecule has 0 unspecified atom stereocenters.